The lowest BCUT2D eigenvalue weighted by molar-refractivity contribution is 0.178. The summed E-state index contributed by atoms with van der Waals surface area (Å²) in [6, 6.07) is 28.5. The Labute approximate surface area is 147 Å². The second kappa shape index (κ2) is 6.11. The van der Waals surface area contributed by atoms with Gasteiger partial charge < -0.3 is 0 Å². The van der Waals surface area contributed by atoms with E-state index in [4.69, 9.17) is 4.18 Å². The molecule has 1 heterocycles. The molecule has 1 unspecified atom stereocenters. The molecule has 1 fully saturated rings. The number of nitrogens with one attached hydrogen (secondary N) is 1. The molecule has 3 aromatic carbocycles. The fraction of sp³-hybridized carbons (Fsp3) is 0.100. The molecule has 0 amide bonds. The van der Waals surface area contributed by atoms with Crippen molar-refractivity contribution in [3.63, 3.8) is 0 Å². The van der Waals surface area contributed by atoms with Crippen LogP contribution in [0, 0.1) is 0 Å². The Kier molecular flexibility index (Phi) is 3.92. The quantitative estimate of drug-likeness (QED) is 0.785. The SMILES string of the molecule is O=S1(=O)NC(c2ccccc2)(c2ccccc2)C(c2ccccc2)O1. The van der Waals surface area contributed by atoms with E-state index in [1.807, 2.05) is 91.0 Å². The summed E-state index contributed by atoms with van der Waals surface area (Å²) in [6.45, 7) is 0. The molecular formula is C20H17NO3S. The smallest absolute Gasteiger partial charge is 0.247 e. The van der Waals surface area contributed by atoms with Gasteiger partial charge in [0.1, 0.15) is 11.6 Å². The van der Waals surface area contributed by atoms with Gasteiger partial charge in [-0.2, -0.15) is 13.1 Å². The van der Waals surface area contributed by atoms with Crippen LogP contribution in [0.15, 0.2) is 91.0 Å². The Bertz CT molecular complexity index is 918. The van der Waals surface area contributed by atoms with Crippen molar-refractivity contribution in [2.75, 3.05) is 0 Å². The van der Waals surface area contributed by atoms with Gasteiger partial charge in [0.2, 0.25) is 0 Å². The Morgan fingerprint density at radius 2 is 1.16 bits per heavy atom. The van der Waals surface area contributed by atoms with Crippen LogP contribution in [0.3, 0.4) is 0 Å². The molecule has 1 aliphatic heterocycles. The molecule has 0 saturated carbocycles. The van der Waals surface area contributed by atoms with Gasteiger partial charge in [-0.1, -0.05) is 91.0 Å². The van der Waals surface area contributed by atoms with Crippen LogP contribution in [0.4, 0.5) is 0 Å². The van der Waals surface area contributed by atoms with Gasteiger partial charge in [0, 0.05) is 0 Å². The van der Waals surface area contributed by atoms with Crippen molar-refractivity contribution in [1.82, 2.24) is 4.72 Å². The van der Waals surface area contributed by atoms with E-state index in [0.717, 1.165) is 16.7 Å². The van der Waals surface area contributed by atoms with Crippen LogP contribution >= 0.6 is 0 Å². The summed E-state index contributed by atoms with van der Waals surface area (Å²) >= 11 is 0. The molecular weight excluding hydrogens is 334 g/mol. The number of hydrogen-bond donors (Lipinski definition) is 1. The zero-order valence-electron chi connectivity index (χ0n) is 13.4. The third-order valence-corrected chi connectivity index (χ3v) is 5.48. The monoisotopic (exact) mass is 351 g/mol. The van der Waals surface area contributed by atoms with Gasteiger partial charge in [0.25, 0.3) is 0 Å². The summed E-state index contributed by atoms with van der Waals surface area (Å²) in [5.41, 5.74) is 1.43. The number of benzene rings is 3. The maximum absolute atomic E-state index is 12.4. The molecule has 1 atom stereocenters. The van der Waals surface area contributed by atoms with Crippen molar-refractivity contribution in [3.8, 4) is 0 Å². The Hall–Kier alpha value is -2.47. The van der Waals surface area contributed by atoms with Crippen LogP contribution in [0.1, 0.15) is 22.8 Å². The largest absolute Gasteiger partial charge is 0.337 e. The normalized spacial score (nSPS) is 21.0. The van der Waals surface area contributed by atoms with Crippen molar-refractivity contribution >= 4 is 10.3 Å². The topological polar surface area (TPSA) is 55.4 Å². The summed E-state index contributed by atoms with van der Waals surface area (Å²) in [5, 5.41) is 0. The van der Waals surface area contributed by atoms with Crippen LogP contribution in [0.2, 0.25) is 0 Å². The standard InChI is InChI=1S/C20H17NO3S/c22-25(23)21-20(17-12-6-2-7-13-17,18-14-8-3-9-15-18)19(24-25)16-10-4-1-5-11-16/h1-15,19,21H. The molecule has 126 valence electrons. The van der Waals surface area contributed by atoms with Crippen LogP contribution in [0.5, 0.6) is 0 Å². The summed E-state index contributed by atoms with van der Waals surface area (Å²) in [4.78, 5) is 0. The molecule has 0 spiro atoms. The van der Waals surface area contributed by atoms with Crippen molar-refractivity contribution in [3.05, 3.63) is 108 Å². The molecule has 4 nitrogen and oxygen atoms in total. The van der Waals surface area contributed by atoms with Crippen molar-refractivity contribution in [2.45, 2.75) is 11.6 Å². The molecule has 1 N–H and O–H groups in total. The van der Waals surface area contributed by atoms with Gasteiger partial charge in [-0.15, -0.1) is 0 Å². The van der Waals surface area contributed by atoms with Crippen LogP contribution < -0.4 is 4.72 Å². The van der Waals surface area contributed by atoms with Gasteiger partial charge in [-0.3, -0.25) is 0 Å². The lowest BCUT2D eigenvalue weighted by atomic mass is 9.77. The molecule has 0 aliphatic carbocycles. The zero-order chi connectivity index (χ0) is 17.3. The van der Waals surface area contributed by atoms with E-state index in [1.165, 1.54) is 0 Å². The van der Waals surface area contributed by atoms with E-state index >= 15 is 0 Å². The molecule has 3 aromatic rings. The van der Waals surface area contributed by atoms with E-state index < -0.39 is 21.9 Å². The highest BCUT2D eigenvalue weighted by atomic mass is 32.2. The molecule has 4 rings (SSSR count). The second-order valence-electron chi connectivity index (χ2n) is 5.98. The fourth-order valence-electron chi connectivity index (χ4n) is 3.40. The lowest BCUT2D eigenvalue weighted by Crippen LogP contribution is -2.43. The summed E-state index contributed by atoms with van der Waals surface area (Å²) in [5.74, 6) is 0. The van der Waals surface area contributed by atoms with Crippen LogP contribution in [0.25, 0.3) is 0 Å². The third-order valence-electron chi connectivity index (χ3n) is 4.46. The van der Waals surface area contributed by atoms with Gasteiger partial charge >= 0.3 is 10.3 Å². The average molecular weight is 351 g/mol. The molecule has 0 radical (unpaired) electrons. The van der Waals surface area contributed by atoms with Crippen LogP contribution in [-0.4, -0.2) is 8.42 Å². The number of rotatable bonds is 3. The summed E-state index contributed by atoms with van der Waals surface area (Å²) < 4.78 is 33.2. The molecule has 25 heavy (non-hydrogen) atoms. The summed E-state index contributed by atoms with van der Waals surface area (Å²) in [6.07, 6.45) is -0.705. The van der Waals surface area contributed by atoms with Crippen molar-refractivity contribution in [1.29, 1.82) is 0 Å². The maximum Gasteiger partial charge on any atom is 0.337 e. The highest BCUT2D eigenvalue weighted by Gasteiger charge is 2.54. The van der Waals surface area contributed by atoms with Gasteiger partial charge in [-0.25, -0.2) is 4.18 Å². The maximum atomic E-state index is 12.4. The minimum atomic E-state index is -3.90. The first-order chi connectivity index (χ1) is 12.1. The minimum Gasteiger partial charge on any atom is -0.247 e. The lowest BCUT2D eigenvalue weighted by Gasteiger charge is -2.33. The Balaban J connectivity index is 2.01. The first-order valence-corrected chi connectivity index (χ1v) is 9.41. The average Bonchev–Trinajstić information content (AvgIpc) is 2.97. The van der Waals surface area contributed by atoms with E-state index in [2.05, 4.69) is 4.72 Å². The Morgan fingerprint density at radius 3 is 1.64 bits per heavy atom. The van der Waals surface area contributed by atoms with Gasteiger partial charge in [-0.05, 0) is 16.7 Å². The highest BCUT2D eigenvalue weighted by molar-refractivity contribution is 7.85. The second-order valence-corrected chi connectivity index (χ2v) is 7.29. The summed E-state index contributed by atoms with van der Waals surface area (Å²) in [7, 11) is -3.90. The molecule has 5 heteroatoms. The first kappa shape index (κ1) is 16.0. The molecule has 0 aromatic heterocycles. The highest BCUT2D eigenvalue weighted by Crippen LogP contribution is 2.48. The van der Waals surface area contributed by atoms with Crippen molar-refractivity contribution < 1.29 is 12.6 Å². The number of hydrogen-bond acceptors (Lipinski definition) is 3. The third kappa shape index (κ3) is 2.76. The minimum absolute atomic E-state index is 0.705. The molecule has 1 saturated heterocycles. The van der Waals surface area contributed by atoms with E-state index in [-0.39, 0.29) is 0 Å². The predicted molar refractivity (Wildman–Crippen MR) is 96.0 cm³/mol. The van der Waals surface area contributed by atoms with E-state index in [1.54, 1.807) is 0 Å². The van der Waals surface area contributed by atoms with Crippen LogP contribution in [-0.2, 0) is 20.0 Å². The van der Waals surface area contributed by atoms with Crippen molar-refractivity contribution in [2.24, 2.45) is 0 Å². The first-order valence-electron chi connectivity index (χ1n) is 8.00. The fourth-order valence-corrected chi connectivity index (χ4v) is 4.69. The van der Waals surface area contributed by atoms with E-state index in [9.17, 15) is 8.42 Å². The molecule has 1 aliphatic rings. The van der Waals surface area contributed by atoms with Gasteiger partial charge in [0.15, 0.2) is 0 Å². The predicted octanol–water partition coefficient (Wildman–Crippen LogP) is 3.54. The van der Waals surface area contributed by atoms with E-state index in [0.29, 0.717) is 0 Å². The van der Waals surface area contributed by atoms with Gasteiger partial charge in [0.05, 0.1) is 0 Å². The Morgan fingerprint density at radius 1 is 0.720 bits per heavy atom. The zero-order valence-corrected chi connectivity index (χ0v) is 14.2. The molecule has 0 bridgehead atoms.